The molecule has 0 amide bonds. The third-order valence-electron chi connectivity index (χ3n) is 4.37. The van der Waals surface area contributed by atoms with Crippen LogP contribution in [0.5, 0.6) is 5.75 Å². The molecule has 0 saturated heterocycles. The van der Waals surface area contributed by atoms with Crippen molar-refractivity contribution in [3.05, 3.63) is 90.0 Å². The van der Waals surface area contributed by atoms with Gasteiger partial charge in [0.2, 0.25) is 0 Å². The summed E-state index contributed by atoms with van der Waals surface area (Å²) in [6, 6.07) is 27.2. The van der Waals surface area contributed by atoms with E-state index in [2.05, 4.69) is 5.92 Å². The fraction of sp³-hybridized carbons (Fsp3) is 0.0400. The van der Waals surface area contributed by atoms with E-state index in [9.17, 15) is 0 Å². The first-order valence-corrected chi connectivity index (χ1v) is 9.48. The highest BCUT2D eigenvalue weighted by molar-refractivity contribution is 6.30. The molecule has 3 aromatic carbocycles. The Morgan fingerprint density at radius 1 is 0.793 bits per heavy atom. The number of benzene rings is 3. The van der Waals surface area contributed by atoms with Crippen molar-refractivity contribution in [3.63, 3.8) is 0 Å². The monoisotopic (exact) mass is 396 g/mol. The minimum absolute atomic E-state index is 0.192. The van der Waals surface area contributed by atoms with E-state index in [0.29, 0.717) is 16.6 Å². The molecule has 29 heavy (non-hydrogen) atoms. The molecule has 4 rings (SSSR count). The second-order valence-corrected chi connectivity index (χ2v) is 6.76. The highest BCUT2D eigenvalue weighted by Crippen LogP contribution is 2.33. The Labute approximate surface area is 175 Å². The van der Waals surface area contributed by atoms with Crippen molar-refractivity contribution >= 4 is 11.6 Å². The van der Waals surface area contributed by atoms with E-state index in [1.165, 1.54) is 0 Å². The zero-order chi connectivity index (χ0) is 20.1. The van der Waals surface area contributed by atoms with Crippen LogP contribution in [0.2, 0.25) is 5.02 Å². The van der Waals surface area contributed by atoms with Gasteiger partial charge in [-0.1, -0.05) is 72.1 Å². The quantitative estimate of drug-likeness (QED) is 0.380. The summed E-state index contributed by atoms with van der Waals surface area (Å²) < 4.78 is 5.73. The number of hydrogen-bond donors (Lipinski definition) is 0. The van der Waals surface area contributed by atoms with Crippen molar-refractivity contribution in [2.24, 2.45) is 0 Å². The van der Waals surface area contributed by atoms with E-state index in [0.717, 1.165) is 28.1 Å². The van der Waals surface area contributed by atoms with Gasteiger partial charge in [-0.15, -0.1) is 6.42 Å². The molecule has 3 nitrogen and oxygen atoms in total. The lowest BCUT2D eigenvalue weighted by Crippen LogP contribution is -1.99. The maximum atomic E-state index is 6.06. The number of aromatic nitrogens is 2. The topological polar surface area (TPSA) is 35.0 Å². The van der Waals surface area contributed by atoms with Crippen molar-refractivity contribution in [1.29, 1.82) is 0 Å². The molecule has 4 heteroatoms. The summed E-state index contributed by atoms with van der Waals surface area (Å²) in [5.41, 5.74) is 4.31. The summed E-state index contributed by atoms with van der Waals surface area (Å²) in [6.07, 6.45) is 5.37. The van der Waals surface area contributed by atoms with E-state index >= 15 is 0 Å². The normalized spacial score (nSPS) is 10.3. The summed E-state index contributed by atoms with van der Waals surface area (Å²) >= 11 is 6.06. The molecule has 0 aliphatic carbocycles. The predicted octanol–water partition coefficient (Wildman–Crippen LogP) is 6.14. The molecular formula is C25H17ClN2O. The first-order chi connectivity index (χ1) is 14.2. The maximum absolute atomic E-state index is 6.06. The minimum Gasteiger partial charge on any atom is -0.480 e. The lowest BCUT2D eigenvalue weighted by Gasteiger charge is -2.12. The van der Waals surface area contributed by atoms with E-state index in [1.54, 1.807) is 0 Å². The number of terminal acetylenes is 1. The Kier molecular flexibility index (Phi) is 5.56. The number of para-hydroxylation sites is 1. The average molecular weight is 397 g/mol. The molecule has 0 bridgehead atoms. The molecule has 0 saturated carbocycles. The minimum atomic E-state index is 0.192. The first-order valence-electron chi connectivity index (χ1n) is 9.11. The number of hydrogen-bond acceptors (Lipinski definition) is 3. The SMILES string of the molecule is C#CCOc1ccccc1-c1cc(-c2ccc(Cl)cc2)nc(-c2ccccc2)n1. The number of nitrogens with zero attached hydrogens (tertiary/aromatic N) is 2. The smallest absolute Gasteiger partial charge is 0.160 e. The summed E-state index contributed by atoms with van der Waals surface area (Å²) in [7, 11) is 0. The Morgan fingerprint density at radius 2 is 1.48 bits per heavy atom. The largest absolute Gasteiger partial charge is 0.480 e. The van der Waals surface area contributed by atoms with Crippen LogP contribution in [-0.2, 0) is 0 Å². The lowest BCUT2D eigenvalue weighted by molar-refractivity contribution is 0.372. The summed E-state index contributed by atoms with van der Waals surface area (Å²) in [5.74, 6) is 3.83. The molecule has 0 N–H and O–H groups in total. The van der Waals surface area contributed by atoms with Gasteiger partial charge in [0.15, 0.2) is 5.82 Å². The van der Waals surface area contributed by atoms with Crippen LogP contribution in [0.15, 0.2) is 84.9 Å². The Bertz CT molecular complexity index is 1170. The van der Waals surface area contributed by atoms with Crippen LogP contribution >= 0.6 is 11.6 Å². The predicted molar refractivity (Wildman–Crippen MR) is 118 cm³/mol. The third kappa shape index (κ3) is 4.29. The van der Waals surface area contributed by atoms with Gasteiger partial charge in [-0.25, -0.2) is 9.97 Å². The molecule has 1 heterocycles. The van der Waals surface area contributed by atoms with Gasteiger partial charge >= 0.3 is 0 Å². The zero-order valence-electron chi connectivity index (χ0n) is 15.5. The second-order valence-electron chi connectivity index (χ2n) is 6.32. The fourth-order valence-corrected chi connectivity index (χ4v) is 3.12. The molecule has 0 aliphatic rings. The molecular weight excluding hydrogens is 380 g/mol. The van der Waals surface area contributed by atoms with Crippen LogP contribution in [0.4, 0.5) is 0 Å². The van der Waals surface area contributed by atoms with Crippen LogP contribution in [0.25, 0.3) is 33.9 Å². The van der Waals surface area contributed by atoms with Crippen LogP contribution in [0.1, 0.15) is 0 Å². The number of ether oxygens (including phenoxy) is 1. The van der Waals surface area contributed by atoms with E-state index in [4.69, 9.17) is 32.7 Å². The lowest BCUT2D eigenvalue weighted by atomic mass is 10.1. The molecule has 0 atom stereocenters. The molecule has 0 aliphatic heterocycles. The van der Waals surface area contributed by atoms with Crippen LogP contribution < -0.4 is 4.74 Å². The summed E-state index contributed by atoms with van der Waals surface area (Å²) in [5, 5.41) is 0.680. The van der Waals surface area contributed by atoms with Crippen molar-refractivity contribution < 1.29 is 4.74 Å². The van der Waals surface area contributed by atoms with E-state index in [1.807, 2.05) is 84.9 Å². The van der Waals surface area contributed by atoms with Gasteiger partial charge in [0.05, 0.1) is 11.4 Å². The Morgan fingerprint density at radius 3 is 2.24 bits per heavy atom. The van der Waals surface area contributed by atoms with Crippen LogP contribution in [0, 0.1) is 12.3 Å². The van der Waals surface area contributed by atoms with Gasteiger partial charge in [-0.2, -0.15) is 0 Å². The molecule has 0 radical (unpaired) electrons. The second kappa shape index (κ2) is 8.60. The van der Waals surface area contributed by atoms with Gasteiger partial charge in [0.1, 0.15) is 12.4 Å². The van der Waals surface area contributed by atoms with Crippen molar-refractivity contribution in [2.45, 2.75) is 0 Å². The highest BCUT2D eigenvalue weighted by Gasteiger charge is 2.13. The summed E-state index contributed by atoms with van der Waals surface area (Å²) in [4.78, 5) is 9.61. The van der Waals surface area contributed by atoms with Gasteiger partial charge in [-0.05, 0) is 30.3 Å². The van der Waals surface area contributed by atoms with Gasteiger partial charge in [0, 0.05) is 21.7 Å². The molecule has 4 aromatic rings. The van der Waals surface area contributed by atoms with Crippen LogP contribution in [0.3, 0.4) is 0 Å². The Hall–Kier alpha value is -3.61. The van der Waals surface area contributed by atoms with E-state index < -0.39 is 0 Å². The van der Waals surface area contributed by atoms with Crippen molar-refractivity contribution in [2.75, 3.05) is 6.61 Å². The Balaban J connectivity index is 1.89. The molecule has 0 spiro atoms. The highest BCUT2D eigenvalue weighted by atomic mass is 35.5. The third-order valence-corrected chi connectivity index (χ3v) is 4.62. The van der Waals surface area contributed by atoms with Crippen molar-refractivity contribution in [1.82, 2.24) is 9.97 Å². The fourth-order valence-electron chi connectivity index (χ4n) is 2.99. The maximum Gasteiger partial charge on any atom is 0.160 e. The van der Waals surface area contributed by atoms with Gasteiger partial charge in [-0.3, -0.25) is 0 Å². The molecule has 1 aromatic heterocycles. The van der Waals surface area contributed by atoms with Gasteiger partial charge in [0.25, 0.3) is 0 Å². The van der Waals surface area contributed by atoms with Crippen LogP contribution in [-0.4, -0.2) is 16.6 Å². The van der Waals surface area contributed by atoms with Gasteiger partial charge < -0.3 is 4.74 Å². The summed E-state index contributed by atoms with van der Waals surface area (Å²) in [6.45, 7) is 0.192. The number of rotatable bonds is 5. The molecule has 0 unspecified atom stereocenters. The van der Waals surface area contributed by atoms with Crippen molar-refractivity contribution in [3.8, 4) is 52.0 Å². The average Bonchev–Trinajstić information content (AvgIpc) is 2.78. The standard InChI is InChI=1S/C25H17ClN2O/c1-2-16-29-24-11-7-6-10-21(24)23-17-22(18-12-14-20(26)15-13-18)27-25(28-23)19-8-4-3-5-9-19/h1,3-15,17H,16H2. The number of halogens is 1. The van der Waals surface area contributed by atoms with E-state index in [-0.39, 0.29) is 6.61 Å². The zero-order valence-corrected chi connectivity index (χ0v) is 16.3. The molecule has 0 fully saturated rings. The first kappa shape index (κ1) is 18.7. The molecule has 140 valence electrons.